The van der Waals surface area contributed by atoms with Gasteiger partial charge in [-0.2, -0.15) is 0 Å². The summed E-state index contributed by atoms with van der Waals surface area (Å²) in [6.07, 6.45) is 0. The number of fused-ring (bicyclic) bond motifs is 1. The number of hydrogen-bond acceptors (Lipinski definition) is 4. The molecule has 0 fully saturated rings. The largest absolute Gasteiger partial charge is 0.420 e. The minimum Gasteiger partial charge on any atom is -0.408 e. The number of hydrogen-bond donors (Lipinski definition) is 2. The van der Waals surface area contributed by atoms with Gasteiger partial charge in [-0.3, -0.25) is 4.57 Å². The van der Waals surface area contributed by atoms with E-state index in [0.29, 0.717) is 24.2 Å². The summed E-state index contributed by atoms with van der Waals surface area (Å²) in [5, 5.41) is 11.4. The molecule has 0 atom stereocenters. The first-order valence-electron chi connectivity index (χ1n) is 6.31. The molecular weight excluding hydrogens is 262 g/mol. The topological polar surface area (TPSA) is 87.7 Å². The molecule has 0 aliphatic carbocycles. The molecule has 0 radical (unpaired) electrons. The third-order valence-electron chi connectivity index (χ3n) is 2.97. The van der Waals surface area contributed by atoms with E-state index in [-0.39, 0.29) is 19.2 Å². The maximum absolute atomic E-state index is 11.7. The van der Waals surface area contributed by atoms with E-state index in [4.69, 9.17) is 9.52 Å². The van der Waals surface area contributed by atoms with E-state index in [2.05, 4.69) is 5.32 Å². The van der Waals surface area contributed by atoms with Gasteiger partial charge in [0, 0.05) is 26.7 Å². The molecule has 1 heterocycles. The van der Waals surface area contributed by atoms with Gasteiger partial charge in [-0.15, -0.1) is 0 Å². The highest BCUT2D eigenvalue weighted by Gasteiger charge is 2.10. The molecule has 2 aromatic rings. The number of nitrogens with one attached hydrogen (secondary N) is 1. The Hall–Kier alpha value is -2.28. The minimum absolute atomic E-state index is 0.0876. The first-order valence-corrected chi connectivity index (χ1v) is 6.31. The maximum atomic E-state index is 11.7. The van der Waals surface area contributed by atoms with E-state index in [1.54, 1.807) is 25.2 Å². The van der Waals surface area contributed by atoms with Gasteiger partial charge in [0.25, 0.3) is 0 Å². The fourth-order valence-electron chi connectivity index (χ4n) is 1.89. The van der Waals surface area contributed by atoms with Crippen LogP contribution in [0.3, 0.4) is 0 Å². The second kappa shape index (κ2) is 6.25. The number of para-hydroxylation sites is 2. The van der Waals surface area contributed by atoms with Crippen LogP contribution in [-0.4, -0.2) is 47.3 Å². The fraction of sp³-hybridized carbons (Fsp3) is 0.385. The van der Waals surface area contributed by atoms with E-state index in [1.165, 1.54) is 9.47 Å². The van der Waals surface area contributed by atoms with E-state index in [0.717, 1.165) is 0 Å². The molecule has 0 saturated heterocycles. The molecule has 2 rings (SSSR count). The summed E-state index contributed by atoms with van der Waals surface area (Å²) in [4.78, 5) is 24.7. The van der Waals surface area contributed by atoms with Gasteiger partial charge in [0.15, 0.2) is 5.58 Å². The van der Waals surface area contributed by atoms with Crippen molar-refractivity contribution in [3.63, 3.8) is 0 Å². The lowest BCUT2D eigenvalue weighted by molar-refractivity contribution is 0.190. The second-order valence-corrected chi connectivity index (χ2v) is 4.36. The van der Waals surface area contributed by atoms with Crippen molar-refractivity contribution < 1.29 is 14.3 Å². The predicted molar refractivity (Wildman–Crippen MR) is 73.6 cm³/mol. The van der Waals surface area contributed by atoms with Crippen molar-refractivity contribution in [1.82, 2.24) is 14.8 Å². The summed E-state index contributed by atoms with van der Waals surface area (Å²) in [5.74, 6) is -0.441. The molecule has 20 heavy (non-hydrogen) atoms. The fourth-order valence-corrected chi connectivity index (χ4v) is 1.89. The average Bonchev–Trinajstić information content (AvgIpc) is 2.75. The lowest BCUT2D eigenvalue weighted by Gasteiger charge is -2.16. The highest BCUT2D eigenvalue weighted by atomic mass is 16.4. The molecule has 2 N–H and O–H groups in total. The molecule has 108 valence electrons. The first kappa shape index (κ1) is 14.1. The summed E-state index contributed by atoms with van der Waals surface area (Å²) in [6, 6.07) is 6.84. The first-order chi connectivity index (χ1) is 9.63. The lowest BCUT2D eigenvalue weighted by Crippen LogP contribution is -2.40. The highest BCUT2D eigenvalue weighted by Crippen LogP contribution is 2.10. The molecule has 0 bridgehead atoms. The van der Waals surface area contributed by atoms with Crippen molar-refractivity contribution in [3.05, 3.63) is 34.8 Å². The molecule has 0 aliphatic heterocycles. The predicted octanol–water partition coefficient (Wildman–Crippen LogP) is 0.228. The van der Waals surface area contributed by atoms with Crippen LogP contribution in [0.5, 0.6) is 0 Å². The van der Waals surface area contributed by atoms with Gasteiger partial charge in [-0.25, -0.2) is 9.59 Å². The van der Waals surface area contributed by atoms with E-state index >= 15 is 0 Å². The molecule has 0 aliphatic rings. The van der Waals surface area contributed by atoms with Gasteiger partial charge in [0.05, 0.1) is 12.1 Å². The number of benzene rings is 1. The van der Waals surface area contributed by atoms with Crippen LogP contribution in [0.25, 0.3) is 11.1 Å². The summed E-state index contributed by atoms with van der Waals surface area (Å²) >= 11 is 0. The summed E-state index contributed by atoms with van der Waals surface area (Å²) in [7, 11) is 1.59. The number of carbonyl (C=O) groups is 1. The van der Waals surface area contributed by atoms with Crippen LogP contribution >= 0.6 is 0 Å². The van der Waals surface area contributed by atoms with E-state index < -0.39 is 5.76 Å². The van der Waals surface area contributed by atoms with Crippen LogP contribution < -0.4 is 11.1 Å². The van der Waals surface area contributed by atoms with Gasteiger partial charge in [0.2, 0.25) is 0 Å². The molecule has 2 amide bonds. The summed E-state index contributed by atoms with van der Waals surface area (Å²) < 4.78 is 6.57. The molecule has 1 aromatic heterocycles. The zero-order chi connectivity index (χ0) is 14.5. The van der Waals surface area contributed by atoms with Crippen molar-refractivity contribution in [2.75, 3.05) is 26.7 Å². The molecule has 0 unspecified atom stereocenters. The van der Waals surface area contributed by atoms with Crippen LogP contribution in [0.1, 0.15) is 0 Å². The molecule has 7 heteroatoms. The number of likely N-dealkylation sites (N-methyl/N-ethyl adjacent to an activating group) is 1. The quantitative estimate of drug-likeness (QED) is 0.820. The number of oxazole rings is 1. The maximum Gasteiger partial charge on any atom is 0.420 e. The Balaban J connectivity index is 1.98. The van der Waals surface area contributed by atoms with Crippen molar-refractivity contribution in [3.8, 4) is 0 Å². The smallest absolute Gasteiger partial charge is 0.408 e. The van der Waals surface area contributed by atoms with E-state index in [9.17, 15) is 9.59 Å². The van der Waals surface area contributed by atoms with Crippen molar-refractivity contribution in [2.24, 2.45) is 0 Å². The third kappa shape index (κ3) is 3.00. The number of aliphatic hydroxyl groups is 1. The highest BCUT2D eigenvalue weighted by molar-refractivity contribution is 5.74. The Morgan fingerprint density at radius 3 is 2.95 bits per heavy atom. The Morgan fingerprint density at radius 1 is 1.45 bits per heavy atom. The number of amides is 2. The van der Waals surface area contributed by atoms with Crippen molar-refractivity contribution in [2.45, 2.75) is 6.54 Å². The van der Waals surface area contributed by atoms with Crippen LogP contribution in [0.2, 0.25) is 0 Å². The van der Waals surface area contributed by atoms with Gasteiger partial charge >= 0.3 is 11.8 Å². The third-order valence-corrected chi connectivity index (χ3v) is 2.97. The van der Waals surface area contributed by atoms with Gasteiger partial charge in [0.1, 0.15) is 0 Å². The zero-order valence-electron chi connectivity index (χ0n) is 11.2. The monoisotopic (exact) mass is 279 g/mol. The molecule has 7 nitrogen and oxygen atoms in total. The minimum atomic E-state index is -0.441. The normalized spacial score (nSPS) is 10.7. The van der Waals surface area contributed by atoms with Crippen LogP contribution in [0.15, 0.2) is 33.5 Å². The molecule has 1 aromatic carbocycles. The van der Waals surface area contributed by atoms with Gasteiger partial charge in [-0.1, -0.05) is 12.1 Å². The number of aliphatic hydroxyl groups excluding tert-OH is 1. The van der Waals surface area contributed by atoms with Crippen molar-refractivity contribution >= 4 is 17.1 Å². The summed E-state index contributed by atoms with van der Waals surface area (Å²) in [5.41, 5.74) is 1.23. The number of nitrogens with zero attached hydrogens (tertiary/aromatic N) is 2. The van der Waals surface area contributed by atoms with Crippen molar-refractivity contribution in [1.29, 1.82) is 0 Å². The molecule has 0 spiro atoms. The standard InChI is InChI=1S/C13H17N3O4/c1-15(8-9-17)12(18)14-6-7-16-10-4-2-3-5-11(10)20-13(16)19/h2-5,17H,6-9H2,1H3,(H,14,18). The SMILES string of the molecule is CN(CCO)C(=O)NCCn1c(=O)oc2ccccc21. The lowest BCUT2D eigenvalue weighted by atomic mass is 10.3. The average molecular weight is 279 g/mol. The second-order valence-electron chi connectivity index (χ2n) is 4.36. The van der Waals surface area contributed by atoms with Gasteiger partial charge < -0.3 is 19.7 Å². The van der Waals surface area contributed by atoms with Crippen LogP contribution in [0, 0.1) is 0 Å². The Labute approximate surface area is 115 Å². The number of carbonyl (C=O) groups excluding carboxylic acids is 1. The Kier molecular flexibility index (Phi) is 4.41. The summed E-state index contributed by atoms with van der Waals surface area (Å²) in [6.45, 7) is 0.808. The van der Waals surface area contributed by atoms with E-state index in [1.807, 2.05) is 6.07 Å². The Morgan fingerprint density at radius 2 is 2.20 bits per heavy atom. The number of urea groups is 1. The van der Waals surface area contributed by atoms with Gasteiger partial charge in [-0.05, 0) is 12.1 Å². The Bertz CT molecular complexity index is 646. The molecular formula is C13H17N3O4. The number of rotatable bonds is 5. The number of aromatic nitrogens is 1. The molecule has 0 saturated carbocycles. The van der Waals surface area contributed by atoms with Crippen LogP contribution in [0.4, 0.5) is 4.79 Å². The van der Waals surface area contributed by atoms with Crippen LogP contribution in [-0.2, 0) is 6.54 Å². The zero-order valence-corrected chi connectivity index (χ0v) is 11.2.